The first-order chi connectivity index (χ1) is 12.9. The van der Waals surface area contributed by atoms with Gasteiger partial charge in [-0.2, -0.15) is 13.2 Å². The third-order valence-corrected chi connectivity index (χ3v) is 5.04. The van der Waals surface area contributed by atoms with Crippen LogP contribution in [0.25, 0.3) is 4.83 Å². The van der Waals surface area contributed by atoms with E-state index in [4.69, 9.17) is 0 Å². The van der Waals surface area contributed by atoms with E-state index in [1.165, 1.54) is 0 Å². The number of aromatic nitrogens is 2. The molecule has 0 atom stereocenters. The smallest absolute Gasteiger partial charge is 0.308 e. The number of amides is 1. The number of thiazole rings is 1. The molecule has 4 rings (SSSR count). The van der Waals surface area contributed by atoms with Gasteiger partial charge in [0.15, 0.2) is 5.82 Å². The standard InChI is InChI=1S/C18H13F3N4OS/c19-18(20,21)14-9-27-17-16(23-10-25(14)17)24-15(26)7-11-1-2-13-6-12(5-11)3-4-22-8-13/h1-5,8-10H,6-7H2,(H,24,26). The first-order valence-electron chi connectivity index (χ1n) is 8.02. The van der Waals surface area contributed by atoms with Crippen LogP contribution in [0.5, 0.6) is 0 Å². The van der Waals surface area contributed by atoms with Crippen LogP contribution in [0.1, 0.15) is 18.5 Å². The molecule has 0 saturated heterocycles. The van der Waals surface area contributed by atoms with Crippen LogP contribution in [-0.4, -0.2) is 21.5 Å². The molecule has 0 aromatic carbocycles. The van der Waals surface area contributed by atoms with Gasteiger partial charge < -0.3 is 5.32 Å². The lowest BCUT2D eigenvalue weighted by Crippen LogP contribution is -2.12. The molecule has 0 unspecified atom stereocenters. The largest absolute Gasteiger partial charge is 0.432 e. The molecule has 0 spiro atoms. The van der Waals surface area contributed by atoms with Gasteiger partial charge in [-0.15, -0.1) is 11.3 Å². The van der Waals surface area contributed by atoms with Crippen molar-refractivity contribution in [3.8, 4) is 0 Å². The molecule has 0 fully saturated rings. The highest BCUT2D eigenvalue weighted by Crippen LogP contribution is 2.35. The molecule has 1 aliphatic heterocycles. The molecule has 1 aliphatic carbocycles. The summed E-state index contributed by atoms with van der Waals surface area (Å²) in [5.41, 5.74) is 2.06. The number of aliphatic imine (C=N–C) groups is 1. The summed E-state index contributed by atoms with van der Waals surface area (Å²) in [6, 6.07) is 0. The minimum atomic E-state index is -4.47. The Kier molecular flexibility index (Phi) is 4.31. The maximum absolute atomic E-state index is 12.9. The summed E-state index contributed by atoms with van der Waals surface area (Å²) in [6.07, 6.45) is 8.46. The number of alkyl halides is 3. The Morgan fingerprint density at radius 2 is 2.15 bits per heavy atom. The summed E-state index contributed by atoms with van der Waals surface area (Å²) in [5.74, 6) is -0.214. The normalized spacial score (nSPS) is 16.5. The Hall–Kier alpha value is -2.94. The van der Waals surface area contributed by atoms with E-state index in [1.54, 1.807) is 12.4 Å². The van der Waals surface area contributed by atoms with Crippen LogP contribution >= 0.6 is 11.3 Å². The summed E-state index contributed by atoms with van der Waals surface area (Å²) in [6.45, 7) is 0. The van der Waals surface area contributed by atoms with Crippen molar-refractivity contribution in [2.24, 2.45) is 4.99 Å². The molecule has 2 aliphatic rings. The SMILES string of the molecule is O=C(CC1=CC2=CC=NC=C(C=C1)C2)Nc1ncn2c(C(F)(F)F)csc12. The fraction of sp³-hybridized carbons (Fsp3) is 0.167. The number of nitrogens with one attached hydrogen (secondary N) is 1. The van der Waals surface area contributed by atoms with Crippen LogP contribution in [0.2, 0.25) is 0 Å². The van der Waals surface area contributed by atoms with E-state index in [9.17, 15) is 18.0 Å². The van der Waals surface area contributed by atoms with Crippen LogP contribution in [0.15, 0.2) is 63.9 Å². The highest BCUT2D eigenvalue weighted by Gasteiger charge is 2.35. The second-order valence-electron chi connectivity index (χ2n) is 6.09. The van der Waals surface area contributed by atoms with Crippen LogP contribution in [0.3, 0.4) is 0 Å². The first kappa shape index (κ1) is 17.5. The molecule has 0 saturated carbocycles. The number of fused-ring (bicyclic) bond motifs is 3. The van der Waals surface area contributed by atoms with Gasteiger partial charge in [0.1, 0.15) is 16.9 Å². The number of halogens is 3. The third-order valence-electron chi connectivity index (χ3n) is 4.08. The molecule has 1 N–H and O–H groups in total. The lowest BCUT2D eigenvalue weighted by molar-refractivity contribution is -0.141. The molecular weight excluding hydrogens is 377 g/mol. The van der Waals surface area contributed by atoms with Gasteiger partial charge >= 0.3 is 6.18 Å². The lowest BCUT2D eigenvalue weighted by Gasteiger charge is -2.04. The van der Waals surface area contributed by atoms with Gasteiger partial charge in [-0.05, 0) is 29.2 Å². The summed E-state index contributed by atoms with van der Waals surface area (Å²) in [4.78, 5) is 20.7. The van der Waals surface area contributed by atoms with Crippen LogP contribution in [-0.2, 0) is 11.0 Å². The number of rotatable bonds is 3. The van der Waals surface area contributed by atoms with E-state index in [0.29, 0.717) is 0 Å². The van der Waals surface area contributed by atoms with Gasteiger partial charge in [-0.3, -0.25) is 14.2 Å². The van der Waals surface area contributed by atoms with Crippen LogP contribution < -0.4 is 5.32 Å². The zero-order valence-corrected chi connectivity index (χ0v) is 14.6. The van der Waals surface area contributed by atoms with Crippen LogP contribution in [0.4, 0.5) is 19.0 Å². The summed E-state index contributed by atoms with van der Waals surface area (Å²) in [7, 11) is 0. The number of nitrogens with zero attached hydrogens (tertiary/aromatic N) is 3. The zero-order chi connectivity index (χ0) is 19.0. The average molecular weight is 390 g/mol. The fourth-order valence-electron chi connectivity index (χ4n) is 2.87. The number of carbonyl (C=O) groups is 1. The van der Waals surface area contributed by atoms with Crippen LogP contribution in [0, 0.1) is 0 Å². The minimum Gasteiger partial charge on any atom is -0.308 e. The molecular formula is C18H13F3N4OS. The number of allylic oxidation sites excluding steroid dienone is 6. The molecule has 1 amide bonds. The van der Waals surface area contributed by atoms with E-state index in [2.05, 4.69) is 15.3 Å². The second-order valence-corrected chi connectivity index (χ2v) is 6.94. The van der Waals surface area contributed by atoms with E-state index < -0.39 is 11.9 Å². The molecule has 2 aromatic heterocycles. The highest BCUT2D eigenvalue weighted by molar-refractivity contribution is 7.16. The van der Waals surface area contributed by atoms with Gasteiger partial charge in [-0.1, -0.05) is 18.2 Å². The Balaban J connectivity index is 1.52. The molecule has 5 nitrogen and oxygen atoms in total. The fourth-order valence-corrected chi connectivity index (χ4v) is 3.81. The third kappa shape index (κ3) is 3.63. The molecule has 3 heterocycles. The number of hydrogen-bond acceptors (Lipinski definition) is 4. The second kappa shape index (κ2) is 6.66. The van der Waals surface area contributed by atoms with Crippen molar-refractivity contribution in [1.82, 2.24) is 9.38 Å². The minimum absolute atomic E-state index is 0.0920. The zero-order valence-electron chi connectivity index (χ0n) is 13.8. The van der Waals surface area contributed by atoms with Crippen molar-refractivity contribution < 1.29 is 18.0 Å². The Morgan fingerprint density at radius 1 is 1.30 bits per heavy atom. The van der Waals surface area contributed by atoms with Gasteiger partial charge in [0, 0.05) is 17.8 Å². The van der Waals surface area contributed by atoms with Crippen molar-refractivity contribution in [3.05, 3.63) is 64.6 Å². The number of imidazole rings is 1. The van der Waals surface area contributed by atoms with Crippen molar-refractivity contribution in [2.75, 3.05) is 5.32 Å². The average Bonchev–Trinajstić information content (AvgIpc) is 3.04. The molecule has 9 heteroatoms. The molecule has 138 valence electrons. The van der Waals surface area contributed by atoms with Gasteiger partial charge in [-0.25, -0.2) is 4.98 Å². The molecule has 2 bridgehead atoms. The monoisotopic (exact) mass is 390 g/mol. The van der Waals surface area contributed by atoms with Gasteiger partial charge in [0.2, 0.25) is 5.91 Å². The Bertz CT molecular complexity index is 1070. The quantitative estimate of drug-likeness (QED) is 0.838. The van der Waals surface area contributed by atoms with Crippen molar-refractivity contribution >= 4 is 34.1 Å². The topological polar surface area (TPSA) is 58.8 Å². The summed E-state index contributed by atoms with van der Waals surface area (Å²) < 4.78 is 39.8. The summed E-state index contributed by atoms with van der Waals surface area (Å²) >= 11 is 0.886. The Labute approximate surface area is 155 Å². The van der Waals surface area contributed by atoms with Crippen molar-refractivity contribution in [2.45, 2.75) is 19.0 Å². The van der Waals surface area contributed by atoms with E-state index >= 15 is 0 Å². The highest BCUT2D eigenvalue weighted by atomic mass is 32.1. The maximum Gasteiger partial charge on any atom is 0.432 e. The maximum atomic E-state index is 12.9. The van der Waals surface area contributed by atoms with E-state index in [-0.39, 0.29) is 23.0 Å². The van der Waals surface area contributed by atoms with E-state index in [1.807, 2.05) is 24.3 Å². The Morgan fingerprint density at radius 3 is 2.96 bits per heavy atom. The lowest BCUT2D eigenvalue weighted by atomic mass is 10.1. The van der Waals surface area contributed by atoms with Crippen molar-refractivity contribution in [1.29, 1.82) is 0 Å². The van der Waals surface area contributed by atoms with Gasteiger partial charge in [0.05, 0.1) is 6.42 Å². The molecule has 27 heavy (non-hydrogen) atoms. The van der Waals surface area contributed by atoms with E-state index in [0.717, 1.165) is 50.6 Å². The number of carbonyl (C=O) groups excluding carboxylic acids is 1. The predicted molar refractivity (Wildman–Crippen MR) is 97.8 cm³/mol. The number of hydrogen-bond donors (Lipinski definition) is 1. The van der Waals surface area contributed by atoms with Crippen molar-refractivity contribution in [3.63, 3.8) is 0 Å². The molecule has 2 aromatic rings. The van der Waals surface area contributed by atoms with Gasteiger partial charge in [0.25, 0.3) is 0 Å². The summed E-state index contributed by atoms with van der Waals surface area (Å²) in [5, 5.41) is 3.61. The predicted octanol–water partition coefficient (Wildman–Crippen LogP) is 4.52. The molecule has 0 radical (unpaired) electrons. The first-order valence-corrected chi connectivity index (χ1v) is 8.90. The number of anilines is 1.